The summed E-state index contributed by atoms with van der Waals surface area (Å²) in [4.78, 5) is 36.2. The number of nitrogens with one attached hydrogen (secondary N) is 1. The van der Waals surface area contributed by atoms with Crippen LogP contribution in [0.3, 0.4) is 0 Å². The smallest absolute Gasteiger partial charge is 0.335 e. The van der Waals surface area contributed by atoms with Crippen LogP contribution in [-0.4, -0.2) is 21.6 Å². The summed E-state index contributed by atoms with van der Waals surface area (Å²) in [6.07, 6.45) is 0. The van der Waals surface area contributed by atoms with Gasteiger partial charge in [-0.3, -0.25) is 14.2 Å². The average Bonchev–Trinajstić information content (AvgIpc) is 2.71. The van der Waals surface area contributed by atoms with E-state index in [1.54, 1.807) is 55.5 Å². The van der Waals surface area contributed by atoms with Gasteiger partial charge in [0, 0.05) is 11.1 Å². The minimum absolute atomic E-state index is 0.173. The Morgan fingerprint density at radius 3 is 2.31 bits per heavy atom. The monoisotopic (exact) mass is 410 g/mol. The highest BCUT2D eigenvalue weighted by Gasteiger charge is 2.16. The summed E-state index contributed by atoms with van der Waals surface area (Å²) in [6.45, 7) is 2.03. The van der Waals surface area contributed by atoms with E-state index in [0.717, 1.165) is 11.1 Å². The third-order valence-corrected chi connectivity index (χ3v) is 4.79. The molecule has 0 radical (unpaired) electrons. The van der Waals surface area contributed by atoms with Crippen LogP contribution in [0.15, 0.2) is 71.5 Å². The average molecular weight is 411 g/mol. The lowest BCUT2D eigenvalue weighted by Crippen LogP contribution is -2.33. The number of benzene rings is 2. The number of nitrogens with zero attached hydrogens (tertiary/aromatic N) is 1. The Hall–Kier alpha value is -3.38. The SMILES string of the molecule is C[C@H](NC(=O)c1cccc(=O)n1Cc1ccc(Cl)cc1)c1ccc(C(=O)O)cc1. The number of aromatic nitrogens is 1. The number of rotatable bonds is 6. The van der Waals surface area contributed by atoms with Crippen molar-refractivity contribution in [3.05, 3.63) is 104 Å². The molecule has 2 aromatic carbocycles. The van der Waals surface area contributed by atoms with Crippen molar-refractivity contribution < 1.29 is 14.7 Å². The van der Waals surface area contributed by atoms with E-state index in [4.69, 9.17) is 16.7 Å². The Bertz CT molecular complexity index is 1090. The van der Waals surface area contributed by atoms with E-state index in [-0.39, 0.29) is 29.4 Å². The number of aromatic carboxylic acids is 1. The topological polar surface area (TPSA) is 88.4 Å². The third-order valence-electron chi connectivity index (χ3n) is 4.54. The zero-order chi connectivity index (χ0) is 21.0. The molecule has 0 aliphatic heterocycles. The Morgan fingerprint density at radius 1 is 1.03 bits per heavy atom. The van der Waals surface area contributed by atoms with Gasteiger partial charge in [0.25, 0.3) is 11.5 Å². The molecule has 0 unspecified atom stereocenters. The molecule has 0 aliphatic rings. The molecule has 6 nitrogen and oxygen atoms in total. The predicted octanol–water partition coefficient (Wildman–Crippen LogP) is 3.74. The van der Waals surface area contributed by atoms with Gasteiger partial charge in [-0.1, -0.05) is 41.9 Å². The van der Waals surface area contributed by atoms with Crippen molar-refractivity contribution in [2.24, 2.45) is 0 Å². The first kappa shape index (κ1) is 20.4. The molecular formula is C22H19ClN2O4. The molecule has 1 atom stereocenters. The molecule has 0 aliphatic carbocycles. The zero-order valence-electron chi connectivity index (χ0n) is 15.6. The van der Waals surface area contributed by atoms with E-state index in [2.05, 4.69) is 5.32 Å². The minimum Gasteiger partial charge on any atom is -0.478 e. The van der Waals surface area contributed by atoms with Gasteiger partial charge in [0.2, 0.25) is 0 Å². The molecule has 0 spiro atoms. The van der Waals surface area contributed by atoms with Crippen LogP contribution in [-0.2, 0) is 6.54 Å². The number of amides is 1. The van der Waals surface area contributed by atoms with E-state index < -0.39 is 11.9 Å². The zero-order valence-corrected chi connectivity index (χ0v) is 16.4. The lowest BCUT2D eigenvalue weighted by molar-refractivity contribution is 0.0696. The van der Waals surface area contributed by atoms with Crippen LogP contribution in [0.1, 0.15) is 44.9 Å². The first-order valence-electron chi connectivity index (χ1n) is 8.93. The van der Waals surface area contributed by atoms with Crippen LogP contribution in [0.5, 0.6) is 0 Å². The molecule has 1 aromatic heterocycles. The predicted molar refractivity (Wildman–Crippen MR) is 111 cm³/mol. The highest BCUT2D eigenvalue weighted by molar-refractivity contribution is 6.30. The molecule has 3 rings (SSSR count). The van der Waals surface area contributed by atoms with E-state index >= 15 is 0 Å². The Kier molecular flexibility index (Phi) is 6.14. The fourth-order valence-electron chi connectivity index (χ4n) is 2.92. The van der Waals surface area contributed by atoms with Gasteiger partial charge in [0.1, 0.15) is 5.69 Å². The highest BCUT2D eigenvalue weighted by atomic mass is 35.5. The molecule has 0 bridgehead atoms. The number of hydrogen-bond donors (Lipinski definition) is 2. The van der Waals surface area contributed by atoms with Crippen LogP contribution in [0.2, 0.25) is 5.02 Å². The number of carboxylic acid groups (broad SMARTS) is 1. The van der Waals surface area contributed by atoms with Gasteiger partial charge in [0.15, 0.2) is 0 Å². The van der Waals surface area contributed by atoms with Crippen molar-refractivity contribution >= 4 is 23.5 Å². The third kappa shape index (κ3) is 4.92. The lowest BCUT2D eigenvalue weighted by Gasteiger charge is -2.17. The maximum atomic E-state index is 12.8. The van der Waals surface area contributed by atoms with Crippen molar-refractivity contribution in [1.82, 2.24) is 9.88 Å². The lowest BCUT2D eigenvalue weighted by atomic mass is 10.1. The summed E-state index contributed by atoms with van der Waals surface area (Å²) in [7, 11) is 0. The van der Waals surface area contributed by atoms with Crippen molar-refractivity contribution in [2.75, 3.05) is 0 Å². The molecule has 0 saturated heterocycles. The molecule has 1 amide bonds. The normalized spacial score (nSPS) is 11.7. The van der Waals surface area contributed by atoms with E-state index in [1.807, 2.05) is 0 Å². The second-order valence-corrected chi connectivity index (χ2v) is 7.02. The summed E-state index contributed by atoms with van der Waals surface area (Å²) in [5.74, 6) is -1.41. The maximum absolute atomic E-state index is 12.8. The van der Waals surface area contributed by atoms with Crippen molar-refractivity contribution in [3.63, 3.8) is 0 Å². The van der Waals surface area contributed by atoms with Gasteiger partial charge in [-0.25, -0.2) is 4.79 Å². The van der Waals surface area contributed by atoms with Gasteiger partial charge in [-0.2, -0.15) is 0 Å². The number of pyridine rings is 1. The molecule has 1 heterocycles. The second-order valence-electron chi connectivity index (χ2n) is 6.58. The van der Waals surface area contributed by atoms with Gasteiger partial charge in [0.05, 0.1) is 18.2 Å². The fraction of sp³-hybridized carbons (Fsp3) is 0.136. The molecule has 148 valence electrons. The molecule has 0 saturated carbocycles. The number of carboxylic acids is 1. The van der Waals surface area contributed by atoms with Crippen LogP contribution < -0.4 is 10.9 Å². The Balaban J connectivity index is 1.81. The number of hydrogen-bond acceptors (Lipinski definition) is 3. The van der Waals surface area contributed by atoms with Gasteiger partial charge in [-0.05, 0) is 48.4 Å². The van der Waals surface area contributed by atoms with E-state index in [9.17, 15) is 14.4 Å². The van der Waals surface area contributed by atoms with Crippen LogP contribution in [0.25, 0.3) is 0 Å². The maximum Gasteiger partial charge on any atom is 0.335 e. The molecule has 0 fully saturated rings. The summed E-state index contributed by atoms with van der Waals surface area (Å²) >= 11 is 5.90. The van der Waals surface area contributed by atoms with Crippen molar-refractivity contribution in [3.8, 4) is 0 Å². The minimum atomic E-state index is -1.01. The molecular weight excluding hydrogens is 392 g/mol. The quantitative estimate of drug-likeness (QED) is 0.648. The second kappa shape index (κ2) is 8.75. The first-order valence-corrected chi connectivity index (χ1v) is 9.31. The molecule has 7 heteroatoms. The van der Waals surface area contributed by atoms with Crippen LogP contribution in [0.4, 0.5) is 0 Å². The van der Waals surface area contributed by atoms with E-state index in [1.165, 1.54) is 22.8 Å². The number of carbonyl (C=O) groups excluding carboxylic acids is 1. The number of halogens is 1. The summed E-state index contributed by atoms with van der Waals surface area (Å²) < 4.78 is 1.40. The summed E-state index contributed by atoms with van der Waals surface area (Å²) in [6, 6.07) is 17.5. The molecule has 2 N–H and O–H groups in total. The highest BCUT2D eigenvalue weighted by Crippen LogP contribution is 2.15. The molecule has 3 aromatic rings. The Morgan fingerprint density at radius 2 is 1.69 bits per heavy atom. The number of carbonyl (C=O) groups is 2. The van der Waals surface area contributed by atoms with Gasteiger partial charge < -0.3 is 10.4 Å². The standard InChI is InChI=1S/C22H19ClN2O4/c1-14(16-7-9-17(10-8-16)22(28)29)24-21(27)19-3-2-4-20(26)25(19)13-15-5-11-18(23)12-6-15/h2-12,14H,13H2,1H3,(H,24,27)(H,28,29)/t14-/m0/s1. The van der Waals surface area contributed by atoms with Crippen molar-refractivity contribution in [1.29, 1.82) is 0 Å². The van der Waals surface area contributed by atoms with Crippen LogP contribution in [0, 0.1) is 0 Å². The summed E-state index contributed by atoms with van der Waals surface area (Å²) in [5, 5.41) is 12.4. The fourth-order valence-corrected chi connectivity index (χ4v) is 3.05. The first-order chi connectivity index (χ1) is 13.8. The van der Waals surface area contributed by atoms with Gasteiger partial charge >= 0.3 is 5.97 Å². The van der Waals surface area contributed by atoms with Crippen LogP contribution >= 0.6 is 11.6 Å². The Labute approximate surface area is 172 Å². The molecule has 29 heavy (non-hydrogen) atoms. The largest absolute Gasteiger partial charge is 0.478 e. The van der Waals surface area contributed by atoms with Crippen molar-refractivity contribution in [2.45, 2.75) is 19.5 Å². The van der Waals surface area contributed by atoms with E-state index in [0.29, 0.717) is 5.02 Å². The van der Waals surface area contributed by atoms with Gasteiger partial charge in [-0.15, -0.1) is 0 Å². The summed E-state index contributed by atoms with van der Waals surface area (Å²) in [5.41, 5.74) is 1.72.